The van der Waals surface area contributed by atoms with Crippen molar-refractivity contribution in [3.63, 3.8) is 0 Å². The molecule has 0 fully saturated rings. The standard InChI is InChI=1S/C11H15F2NO/c1-7(6-15)14-8(2)10-4-3-9(12)5-11(10)13/h3-5,7-8,14-15H,6H2,1-2H3/t7-,8+/m0/s1. The molecule has 2 N–H and O–H groups in total. The van der Waals surface area contributed by atoms with E-state index in [2.05, 4.69) is 5.32 Å². The number of benzene rings is 1. The Hall–Kier alpha value is -1.00. The van der Waals surface area contributed by atoms with Gasteiger partial charge in [0.1, 0.15) is 11.6 Å². The predicted molar refractivity (Wildman–Crippen MR) is 54.5 cm³/mol. The topological polar surface area (TPSA) is 32.3 Å². The van der Waals surface area contributed by atoms with E-state index in [1.54, 1.807) is 13.8 Å². The number of hydrogen-bond donors (Lipinski definition) is 2. The van der Waals surface area contributed by atoms with Crippen molar-refractivity contribution >= 4 is 0 Å². The number of aliphatic hydroxyl groups excluding tert-OH is 1. The fourth-order valence-electron chi connectivity index (χ4n) is 1.42. The number of hydrogen-bond acceptors (Lipinski definition) is 2. The molecule has 0 aliphatic heterocycles. The summed E-state index contributed by atoms with van der Waals surface area (Å²) in [5, 5.41) is 11.8. The van der Waals surface area contributed by atoms with Crippen molar-refractivity contribution in [3.05, 3.63) is 35.4 Å². The summed E-state index contributed by atoms with van der Waals surface area (Å²) < 4.78 is 26.0. The van der Waals surface area contributed by atoms with Crippen LogP contribution in [-0.2, 0) is 0 Å². The third-order valence-corrected chi connectivity index (χ3v) is 2.24. The highest BCUT2D eigenvalue weighted by Gasteiger charge is 2.13. The van der Waals surface area contributed by atoms with Crippen LogP contribution in [0.25, 0.3) is 0 Å². The number of aliphatic hydroxyl groups is 1. The van der Waals surface area contributed by atoms with Crippen molar-refractivity contribution in [1.29, 1.82) is 0 Å². The van der Waals surface area contributed by atoms with Gasteiger partial charge < -0.3 is 10.4 Å². The zero-order chi connectivity index (χ0) is 11.4. The summed E-state index contributed by atoms with van der Waals surface area (Å²) in [6.07, 6.45) is 0. The van der Waals surface area contributed by atoms with Gasteiger partial charge in [0, 0.05) is 23.7 Å². The van der Waals surface area contributed by atoms with Crippen LogP contribution >= 0.6 is 0 Å². The van der Waals surface area contributed by atoms with Crippen molar-refractivity contribution in [2.45, 2.75) is 25.9 Å². The van der Waals surface area contributed by atoms with Crippen LogP contribution < -0.4 is 5.32 Å². The monoisotopic (exact) mass is 215 g/mol. The lowest BCUT2D eigenvalue weighted by molar-refractivity contribution is 0.242. The van der Waals surface area contributed by atoms with Crippen LogP contribution in [0.15, 0.2) is 18.2 Å². The zero-order valence-electron chi connectivity index (χ0n) is 8.80. The highest BCUT2D eigenvalue weighted by molar-refractivity contribution is 5.21. The lowest BCUT2D eigenvalue weighted by atomic mass is 10.1. The Bertz CT molecular complexity index is 330. The highest BCUT2D eigenvalue weighted by Crippen LogP contribution is 2.17. The van der Waals surface area contributed by atoms with Crippen LogP contribution in [-0.4, -0.2) is 17.8 Å². The lowest BCUT2D eigenvalue weighted by Crippen LogP contribution is -2.32. The van der Waals surface area contributed by atoms with E-state index in [0.717, 1.165) is 6.07 Å². The van der Waals surface area contributed by atoms with E-state index in [0.29, 0.717) is 5.56 Å². The molecular formula is C11H15F2NO. The van der Waals surface area contributed by atoms with Crippen molar-refractivity contribution in [3.8, 4) is 0 Å². The highest BCUT2D eigenvalue weighted by atomic mass is 19.1. The molecule has 0 spiro atoms. The minimum atomic E-state index is -0.585. The molecule has 1 aromatic carbocycles. The van der Waals surface area contributed by atoms with Crippen LogP contribution in [0.1, 0.15) is 25.5 Å². The largest absolute Gasteiger partial charge is 0.395 e. The van der Waals surface area contributed by atoms with E-state index in [-0.39, 0.29) is 18.7 Å². The fraction of sp³-hybridized carbons (Fsp3) is 0.455. The predicted octanol–water partition coefficient (Wildman–Crippen LogP) is 2.00. The molecule has 4 heteroatoms. The van der Waals surface area contributed by atoms with E-state index in [9.17, 15) is 8.78 Å². The Kier molecular flexibility index (Phi) is 4.17. The Labute approximate surface area is 87.9 Å². The van der Waals surface area contributed by atoms with Gasteiger partial charge in [-0.25, -0.2) is 8.78 Å². The van der Waals surface area contributed by atoms with Gasteiger partial charge in [-0.15, -0.1) is 0 Å². The zero-order valence-corrected chi connectivity index (χ0v) is 8.80. The van der Waals surface area contributed by atoms with Gasteiger partial charge in [-0.05, 0) is 19.9 Å². The molecule has 0 aromatic heterocycles. The Morgan fingerprint density at radius 1 is 1.33 bits per heavy atom. The SMILES string of the molecule is C[C@@H](CO)N[C@H](C)c1ccc(F)cc1F. The molecule has 2 nitrogen and oxygen atoms in total. The summed E-state index contributed by atoms with van der Waals surface area (Å²) >= 11 is 0. The van der Waals surface area contributed by atoms with Gasteiger partial charge in [-0.1, -0.05) is 6.07 Å². The van der Waals surface area contributed by atoms with Gasteiger partial charge in [-0.3, -0.25) is 0 Å². The van der Waals surface area contributed by atoms with Crippen molar-refractivity contribution < 1.29 is 13.9 Å². The number of nitrogens with one attached hydrogen (secondary N) is 1. The molecule has 0 saturated carbocycles. The average Bonchev–Trinajstić information content (AvgIpc) is 2.17. The Morgan fingerprint density at radius 2 is 2.00 bits per heavy atom. The van der Waals surface area contributed by atoms with E-state index in [1.165, 1.54) is 12.1 Å². The third kappa shape index (κ3) is 3.25. The molecule has 0 unspecified atom stereocenters. The van der Waals surface area contributed by atoms with E-state index in [4.69, 9.17) is 5.11 Å². The fourth-order valence-corrected chi connectivity index (χ4v) is 1.42. The third-order valence-electron chi connectivity index (χ3n) is 2.24. The quantitative estimate of drug-likeness (QED) is 0.805. The molecule has 1 aromatic rings. The molecule has 0 aliphatic carbocycles. The second-order valence-electron chi connectivity index (χ2n) is 3.64. The van der Waals surface area contributed by atoms with Gasteiger partial charge in [-0.2, -0.15) is 0 Å². The second kappa shape index (κ2) is 5.19. The Balaban J connectivity index is 2.77. The molecule has 15 heavy (non-hydrogen) atoms. The molecule has 0 aliphatic rings. The molecule has 2 atom stereocenters. The molecule has 0 radical (unpaired) electrons. The minimum absolute atomic E-state index is 0.0207. The smallest absolute Gasteiger partial charge is 0.130 e. The van der Waals surface area contributed by atoms with Gasteiger partial charge >= 0.3 is 0 Å². The second-order valence-corrected chi connectivity index (χ2v) is 3.64. The summed E-state index contributed by atoms with van der Waals surface area (Å²) in [5.74, 6) is -1.15. The van der Waals surface area contributed by atoms with E-state index in [1.807, 2.05) is 0 Å². The molecule has 0 amide bonds. The lowest BCUT2D eigenvalue weighted by Gasteiger charge is -2.19. The maximum Gasteiger partial charge on any atom is 0.130 e. The van der Waals surface area contributed by atoms with Crippen LogP contribution in [0.5, 0.6) is 0 Å². The van der Waals surface area contributed by atoms with Crippen molar-refractivity contribution in [2.75, 3.05) is 6.61 Å². The first-order chi connectivity index (χ1) is 7.04. The van der Waals surface area contributed by atoms with E-state index < -0.39 is 11.6 Å². The first-order valence-corrected chi connectivity index (χ1v) is 4.86. The maximum absolute atomic E-state index is 13.3. The van der Waals surface area contributed by atoms with Crippen LogP contribution in [0.2, 0.25) is 0 Å². The van der Waals surface area contributed by atoms with Crippen LogP contribution in [0, 0.1) is 11.6 Å². The summed E-state index contributed by atoms with van der Waals surface area (Å²) in [6.45, 7) is 3.54. The normalized spacial score (nSPS) is 15.0. The summed E-state index contributed by atoms with van der Waals surface area (Å²) in [6, 6.07) is 3.11. The molecule has 0 bridgehead atoms. The van der Waals surface area contributed by atoms with E-state index >= 15 is 0 Å². The van der Waals surface area contributed by atoms with Gasteiger partial charge in [0.2, 0.25) is 0 Å². The van der Waals surface area contributed by atoms with Gasteiger partial charge in [0.15, 0.2) is 0 Å². The van der Waals surface area contributed by atoms with Crippen LogP contribution in [0.4, 0.5) is 8.78 Å². The summed E-state index contributed by atoms with van der Waals surface area (Å²) in [5.41, 5.74) is 0.400. The van der Waals surface area contributed by atoms with Gasteiger partial charge in [0.05, 0.1) is 6.61 Å². The molecule has 84 valence electrons. The van der Waals surface area contributed by atoms with Crippen molar-refractivity contribution in [1.82, 2.24) is 5.32 Å². The number of rotatable bonds is 4. The summed E-state index contributed by atoms with van der Waals surface area (Å²) in [4.78, 5) is 0. The first-order valence-electron chi connectivity index (χ1n) is 4.86. The average molecular weight is 215 g/mol. The Morgan fingerprint density at radius 3 is 2.53 bits per heavy atom. The first kappa shape index (κ1) is 12.1. The number of halogens is 2. The van der Waals surface area contributed by atoms with Gasteiger partial charge in [0.25, 0.3) is 0 Å². The maximum atomic E-state index is 13.3. The molecular weight excluding hydrogens is 200 g/mol. The van der Waals surface area contributed by atoms with Crippen molar-refractivity contribution in [2.24, 2.45) is 0 Å². The van der Waals surface area contributed by atoms with Crippen LogP contribution in [0.3, 0.4) is 0 Å². The molecule has 0 saturated heterocycles. The molecule has 0 heterocycles. The minimum Gasteiger partial charge on any atom is -0.395 e. The molecule has 1 rings (SSSR count). The summed E-state index contributed by atoms with van der Waals surface area (Å²) in [7, 11) is 0.